The summed E-state index contributed by atoms with van der Waals surface area (Å²) in [6.45, 7) is 7.89. The number of carbonyl (C=O) groups excluding carboxylic acids is 1. The summed E-state index contributed by atoms with van der Waals surface area (Å²) in [5.41, 5.74) is 0. The fraction of sp³-hybridized carbons (Fsp3) is 0.929. The Morgan fingerprint density at radius 2 is 1.76 bits per heavy atom. The Kier molecular flexibility index (Phi) is 5.96. The molecule has 1 rings (SSSR count). The summed E-state index contributed by atoms with van der Waals surface area (Å²) in [7, 11) is 0. The van der Waals surface area contributed by atoms with Gasteiger partial charge in [-0.1, -0.05) is 12.8 Å². The molecule has 0 spiro atoms. The second-order valence-electron chi connectivity index (χ2n) is 5.51. The Morgan fingerprint density at radius 3 is 2.35 bits per heavy atom. The zero-order valence-electron chi connectivity index (χ0n) is 11.6. The fourth-order valence-corrected chi connectivity index (χ4v) is 2.46. The lowest BCUT2D eigenvalue weighted by Crippen LogP contribution is -2.32. The maximum absolute atomic E-state index is 11.7. The first kappa shape index (κ1) is 14.5. The minimum absolute atomic E-state index is 0.0180. The Labute approximate surface area is 105 Å². The van der Waals surface area contributed by atoms with Crippen molar-refractivity contribution in [3.63, 3.8) is 0 Å². The summed E-state index contributed by atoms with van der Waals surface area (Å²) in [5.74, 6) is 0.265. The monoisotopic (exact) mass is 242 g/mol. The first-order valence-electron chi connectivity index (χ1n) is 6.84. The van der Waals surface area contributed by atoms with Crippen LogP contribution in [0.4, 0.5) is 0 Å². The third-order valence-electron chi connectivity index (χ3n) is 3.08. The molecule has 0 saturated heterocycles. The van der Waals surface area contributed by atoms with Crippen LogP contribution in [0.15, 0.2) is 0 Å². The topological polar surface area (TPSA) is 35.5 Å². The second-order valence-corrected chi connectivity index (χ2v) is 5.51. The summed E-state index contributed by atoms with van der Waals surface area (Å²) >= 11 is 0. The van der Waals surface area contributed by atoms with Gasteiger partial charge in [-0.15, -0.1) is 0 Å². The molecule has 17 heavy (non-hydrogen) atoms. The Hall–Kier alpha value is -0.570. The van der Waals surface area contributed by atoms with Gasteiger partial charge in [0.1, 0.15) is 0 Å². The van der Waals surface area contributed by atoms with E-state index in [0.717, 1.165) is 12.8 Å². The summed E-state index contributed by atoms with van der Waals surface area (Å²) < 4.78 is 11.1. The van der Waals surface area contributed by atoms with Gasteiger partial charge in [-0.05, 0) is 46.5 Å². The quantitative estimate of drug-likeness (QED) is 0.694. The van der Waals surface area contributed by atoms with Gasteiger partial charge < -0.3 is 9.47 Å². The molecule has 1 aliphatic rings. The van der Waals surface area contributed by atoms with Gasteiger partial charge in [0, 0.05) is 0 Å². The maximum Gasteiger partial charge on any atom is 0.306 e. The average Bonchev–Trinajstić information content (AvgIpc) is 2.18. The molecule has 0 aliphatic heterocycles. The molecule has 3 heteroatoms. The molecule has 100 valence electrons. The van der Waals surface area contributed by atoms with Crippen LogP contribution in [0.1, 0.15) is 59.8 Å². The molecule has 0 heterocycles. The smallest absolute Gasteiger partial charge is 0.306 e. The molecule has 1 saturated carbocycles. The molecule has 0 radical (unpaired) electrons. The van der Waals surface area contributed by atoms with Crippen LogP contribution in [0.5, 0.6) is 0 Å². The molecular weight excluding hydrogens is 216 g/mol. The van der Waals surface area contributed by atoms with Crippen LogP contribution >= 0.6 is 0 Å². The molecule has 0 amide bonds. The van der Waals surface area contributed by atoms with Gasteiger partial charge in [0.15, 0.2) is 0 Å². The van der Waals surface area contributed by atoms with E-state index in [9.17, 15) is 4.79 Å². The van der Waals surface area contributed by atoms with E-state index in [2.05, 4.69) is 13.8 Å². The number of rotatable bonds is 5. The van der Waals surface area contributed by atoms with Gasteiger partial charge >= 0.3 is 5.97 Å². The maximum atomic E-state index is 11.7. The number of hydrogen-bond acceptors (Lipinski definition) is 3. The van der Waals surface area contributed by atoms with Crippen LogP contribution in [0, 0.1) is 5.92 Å². The highest BCUT2D eigenvalue weighted by Crippen LogP contribution is 2.30. The average molecular weight is 242 g/mol. The predicted molar refractivity (Wildman–Crippen MR) is 67.8 cm³/mol. The number of carbonyl (C=O) groups is 1. The number of ether oxygens (including phenoxy) is 2. The Bertz CT molecular complexity index is 236. The minimum atomic E-state index is -0.0794. The summed E-state index contributed by atoms with van der Waals surface area (Å²) in [6, 6.07) is 0. The van der Waals surface area contributed by atoms with Crippen LogP contribution in [0.2, 0.25) is 0 Å². The highest BCUT2D eigenvalue weighted by molar-refractivity contribution is 5.69. The van der Waals surface area contributed by atoms with E-state index in [1.165, 1.54) is 12.8 Å². The van der Waals surface area contributed by atoms with Crippen LogP contribution in [-0.2, 0) is 14.3 Å². The molecule has 0 aromatic carbocycles. The van der Waals surface area contributed by atoms with Crippen LogP contribution < -0.4 is 0 Å². The standard InChI is InChI=1S/C14H26O3/c1-10(2)16-13-8-6-5-7-12(13)9-14(15)17-11(3)4/h10-13H,5-9H2,1-4H3. The van der Waals surface area contributed by atoms with Crippen molar-refractivity contribution < 1.29 is 14.3 Å². The molecule has 1 fully saturated rings. The van der Waals surface area contributed by atoms with Crippen molar-refractivity contribution in [2.75, 3.05) is 0 Å². The molecule has 2 unspecified atom stereocenters. The van der Waals surface area contributed by atoms with Crippen molar-refractivity contribution in [1.82, 2.24) is 0 Å². The van der Waals surface area contributed by atoms with Crippen LogP contribution in [-0.4, -0.2) is 24.3 Å². The lowest BCUT2D eigenvalue weighted by atomic mass is 9.84. The molecular formula is C14H26O3. The van der Waals surface area contributed by atoms with Crippen molar-refractivity contribution in [2.24, 2.45) is 5.92 Å². The third kappa shape index (κ3) is 5.53. The van der Waals surface area contributed by atoms with Crippen molar-refractivity contribution in [3.8, 4) is 0 Å². The predicted octanol–water partition coefficient (Wildman–Crippen LogP) is 3.31. The van der Waals surface area contributed by atoms with E-state index in [0.29, 0.717) is 12.3 Å². The lowest BCUT2D eigenvalue weighted by Gasteiger charge is -2.32. The van der Waals surface area contributed by atoms with Gasteiger partial charge in [-0.3, -0.25) is 4.79 Å². The first-order chi connectivity index (χ1) is 7.99. The van der Waals surface area contributed by atoms with Crippen molar-refractivity contribution in [2.45, 2.75) is 78.1 Å². The highest BCUT2D eigenvalue weighted by Gasteiger charge is 2.29. The molecule has 0 N–H and O–H groups in total. The largest absolute Gasteiger partial charge is 0.463 e. The molecule has 3 nitrogen and oxygen atoms in total. The highest BCUT2D eigenvalue weighted by atomic mass is 16.5. The van der Waals surface area contributed by atoms with E-state index < -0.39 is 0 Å². The Balaban J connectivity index is 2.44. The summed E-state index contributed by atoms with van der Waals surface area (Å²) in [5, 5.41) is 0. The van der Waals surface area contributed by atoms with Crippen molar-refractivity contribution in [1.29, 1.82) is 0 Å². The molecule has 0 aromatic rings. The molecule has 2 atom stereocenters. The van der Waals surface area contributed by atoms with E-state index in [1.807, 2.05) is 13.8 Å². The molecule has 1 aliphatic carbocycles. The second kappa shape index (κ2) is 7.00. The van der Waals surface area contributed by atoms with E-state index in [4.69, 9.17) is 9.47 Å². The summed E-state index contributed by atoms with van der Waals surface area (Å²) in [6.07, 6.45) is 5.56. The van der Waals surface area contributed by atoms with E-state index in [1.54, 1.807) is 0 Å². The lowest BCUT2D eigenvalue weighted by molar-refractivity contribution is -0.151. The van der Waals surface area contributed by atoms with Crippen LogP contribution in [0.25, 0.3) is 0 Å². The van der Waals surface area contributed by atoms with Gasteiger partial charge in [0.05, 0.1) is 24.7 Å². The minimum Gasteiger partial charge on any atom is -0.463 e. The zero-order chi connectivity index (χ0) is 12.8. The van der Waals surface area contributed by atoms with Crippen molar-refractivity contribution in [3.05, 3.63) is 0 Å². The molecule has 0 aromatic heterocycles. The Morgan fingerprint density at radius 1 is 1.12 bits per heavy atom. The van der Waals surface area contributed by atoms with Gasteiger partial charge in [0.25, 0.3) is 0 Å². The SMILES string of the molecule is CC(C)OC(=O)CC1CCCCC1OC(C)C. The zero-order valence-corrected chi connectivity index (χ0v) is 11.6. The number of hydrogen-bond donors (Lipinski definition) is 0. The third-order valence-corrected chi connectivity index (χ3v) is 3.08. The first-order valence-corrected chi connectivity index (χ1v) is 6.84. The van der Waals surface area contributed by atoms with Gasteiger partial charge in [0.2, 0.25) is 0 Å². The van der Waals surface area contributed by atoms with Gasteiger partial charge in [-0.25, -0.2) is 0 Å². The number of esters is 1. The van der Waals surface area contributed by atoms with Crippen LogP contribution in [0.3, 0.4) is 0 Å². The molecule has 0 bridgehead atoms. The van der Waals surface area contributed by atoms with Gasteiger partial charge in [-0.2, -0.15) is 0 Å². The van der Waals surface area contributed by atoms with Crippen molar-refractivity contribution >= 4 is 5.97 Å². The van der Waals surface area contributed by atoms with E-state index in [-0.39, 0.29) is 24.3 Å². The summed E-state index contributed by atoms with van der Waals surface area (Å²) in [4.78, 5) is 11.7. The fourth-order valence-electron chi connectivity index (χ4n) is 2.46. The van der Waals surface area contributed by atoms with E-state index >= 15 is 0 Å². The normalized spacial score (nSPS) is 25.3.